The molecule has 0 bridgehead atoms. The normalized spacial score (nSPS) is 10.8. The van der Waals surface area contributed by atoms with Crippen molar-refractivity contribution >= 4 is 11.4 Å². The summed E-state index contributed by atoms with van der Waals surface area (Å²) in [5.74, 6) is -0.350. The molecule has 0 saturated heterocycles. The Bertz CT molecular complexity index is 690. The molecule has 0 aromatic heterocycles. The van der Waals surface area contributed by atoms with Crippen LogP contribution < -0.4 is 10.1 Å². The van der Waals surface area contributed by atoms with Crippen molar-refractivity contribution in [3.63, 3.8) is 0 Å². The lowest BCUT2D eigenvalue weighted by atomic mass is 10.1. The number of benzene rings is 2. The molecular weight excluding hydrogens is 281 g/mol. The van der Waals surface area contributed by atoms with Crippen LogP contribution in [0, 0.1) is 18.3 Å². The molecule has 0 heterocycles. The van der Waals surface area contributed by atoms with Crippen molar-refractivity contribution in [3.8, 4) is 11.8 Å². The van der Waals surface area contributed by atoms with Gasteiger partial charge in [0.15, 0.2) is 5.75 Å². The van der Waals surface area contributed by atoms with Gasteiger partial charge in [0.25, 0.3) is 0 Å². The number of hydrogen-bond donors (Lipinski definition) is 1. The van der Waals surface area contributed by atoms with Crippen LogP contribution >= 0.6 is 0 Å². The van der Waals surface area contributed by atoms with Crippen LogP contribution in [-0.4, -0.2) is 6.36 Å². The van der Waals surface area contributed by atoms with E-state index in [9.17, 15) is 13.2 Å². The standard InChI is InChI=1S/C15H11F3N2O/c1-10-5-4-6-11(9-19)14(10)20-12-7-2-3-8-13(12)21-15(16,17)18/h2-8,20H,1H3. The Labute approximate surface area is 119 Å². The molecule has 3 nitrogen and oxygen atoms in total. The summed E-state index contributed by atoms with van der Waals surface area (Å²) >= 11 is 0. The summed E-state index contributed by atoms with van der Waals surface area (Å²) < 4.78 is 41.1. The van der Waals surface area contributed by atoms with Gasteiger partial charge in [0.05, 0.1) is 16.9 Å². The second kappa shape index (κ2) is 5.75. The highest BCUT2D eigenvalue weighted by molar-refractivity contribution is 5.73. The van der Waals surface area contributed by atoms with Crippen LogP contribution in [0.2, 0.25) is 0 Å². The predicted octanol–water partition coefficient (Wildman–Crippen LogP) is 4.51. The molecule has 2 aromatic carbocycles. The lowest BCUT2D eigenvalue weighted by molar-refractivity contribution is -0.274. The summed E-state index contributed by atoms with van der Waals surface area (Å²) in [7, 11) is 0. The maximum absolute atomic E-state index is 12.4. The maximum Gasteiger partial charge on any atom is 0.573 e. The Kier molecular flexibility index (Phi) is 4.03. The number of para-hydroxylation sites is 3. The first-order valence-electron chi connectivity index (χ1n) is 6.02. The summed E-state index contributed by atoms with van der Waals surface area (Å²) in [4.78, 5) is 0. The van der Waals surface area contributed by atoms with Crippen molar-refractivity contribution in [2.75, 3.05) is 5.32 Å². The summed E-state index contributed by atoms with van der Waals surface area (Å²) in [6.45, 7) is 1.76. The predicted molar refractivity (Wildman–Crippen MR) is 72.3 cm³/mol. The zero-order chi connectivity index (χ0) is 15.5. The molecule has 6 heteroatoms. The first kappa shape index (κ1) is 14.7. The first-order valence-corrected chi connectivity index (χ1v) is 6.02. The quantitative estimate of drug-likeness (QED) is 0.905. The zero-order valence-electron chi connectivity index (χ0n) is 11.0. The number of alkyl halides is 3. The molecule has 0 spiro atoms. The van der Waals surface area contributed by atoms with Gasteiger partial charge in [0, 0.05) is 0 Å². The van der Waals surface area contributed by atoms with Crippen molar-refractivity contribution in [2.45, 2.75) is 13.3 Å². The minimum absolute atomic E-state index is 0.139. The number of aryl methyl sites for hydroxylation is 1. The Morgan fingerprint density at radius 3 is 2.48 bits per heavy atom. The van der Waals surface area contributed by atoms with Gasteiger partial charge in [-0.25, -0.2) is 0 Å². The van der Waals surface area contributed by atoms with Crippen LogP contribution in [0.5, 0.6) is 5.75 Å². The minimum Gasteiger partial charge on any atom is -0.404 e. The summed E-state index contributed by atoms with van der Waals surface area (Å²) in [5, 5.41) is 11.9. The Morgan fingerprint density at radius 1 is 1.10 bits per heavy atom. The minimum atomic E-state index is -4.78. The molecule has 2 rings (SSSR count). The van der Waals surface area contributed by atoms with E-state index >= 15 is 0 Å². The third kappa shape index (κ3) is 3.66. The highest BCUT2D eigenvalue weighted by atomic mass is 19.4. The molecule has 21 heavy (non-hydrogen) atoms. The Hall–Kier alpha value is -2.68. The third-order valence-corrected chi connectivity index (χ3v) is 2.77. The van der Waals surface area contributed by atoms with Crippen molar-refractivity contribution in [1.29, 1.82) is 5.26 Å². The lowest BCUT2D eigenvalue weighted by Gasteiger charge is -2.16. The Balaban J connectivity index is 2.40. The molecule has 0 amide bonds. The molecule has 0 aliphatic heterocycles. The fourth-order valence-electron chi connectivity index (χ4n) is 1.85. The second-order valence-corrected chi connectivity index (χ2v) is 4.28. The van der Waals surface area contributed by atoms with E-state index in [2.05, 4.69) is 10.1 Å². The maximum atomic E-state index is 12.4. The average Bonchev–Trinajstić information content (AvgIpc) is 2.41. The fourth-order valence-corrected chi connectivity index (χ4v) is 1.85. The number of nitriles is 1. The van der Waals surface area contributed by atoms with Crippen LogP contribution in [0.4, 0.5) is 24.5 Å². The number of hydrogen-bond acceptors (Lipinski definition) is 3. The first-order chi connectivity index (χ1) is 9.90. The third-order valence-electron chi connectivity index (χ3n) is 2.77. The van der Waals surface area contributed by atoms with Gasteiger partial charge in [-0.05, 0) is 30.7 Å². The molecular formula is C15H11F3N2O. The number of rotatable bonds is 3. The van der Waals surface area contributed by atoms with Crippen molar-refractivity contribution in [2.24, 2.45) is 0 Å². The van der Waals surface area contributed by atoms with Gasteiger partial charge in [-0.1, -0.05) is 24.3 Å². The van der Waals surface area contributed by atoms with E-state index in [0.29, 0.717) is 11.3 Å². The number of halogens is 3. The van der Waals surface area contributed by atoms with Crippen molar-refractivity contribution < 1.29 is 17.9 Å². The van der Waals surface area contributed by atoms with E-state index in [0.717, 1.165) is 5.56 Å². The van der Waals surface area contributed by atoms with Gasteiger partial charge in [-0.3, -0.25) is 0 Å². The monoisotopic (exact) mass is 292 g/mol. The number of ether oxygens (including phenoxy) is 1. The molecule has 1 N–H and O–H groups in total. The van der Waals surface area contributed by atoms with Crippen molar-refractivity contribution in [1.82, 2.24) is 0 Å². The second-order valence-electron chi connectivity index (χ2n) is 4.28. The highest BCUT2D eigenvalue weighted by Gasteiger charge is 2.32. The van der Waals surface area contributed by atoms with Crippen LogP contribution in [0.25, 0.3) is 0 Å². The molecule has 0 saturated carbocycles. The van der Waals surface area contributed by atoms with E-state index in [-0.39, 0.29) is 11.4 Å². The van der Waals surface area contributed by atoms with E-state index < -0.39 is 6.36 Å². The molecule has 0 aliphatic carbocycles. The van der Waals surface area contributed by atoms with E-state index in [4.69, 9.17) is 5.26 Å². The van der Waals surface area contributed by atoms with Crippen LogP contribution in [0.1, 0.15) is 11.1 Å². The van der Waals surface area contributed by atoms with Gasteiger partial charge in [0.2, 0.25) is 0 Å². The summed E-state index contributed by atoms with van der Waals surface area (Å²) in [5.41, 5.74) is 1.69. The molecule has 0 fully saturated rings. The lowest BCUT2D eigenvalue weighted by Crippen LogP contribution is -2.18. The summed E-state index contributed by atoms with van der Waals surface area (Å²) in [6.07, 6.45) is -4.78. The van der Waals surface area contributed by atoms with E-state index in [1.807, 2.05) is 6.07 Å². The fraction of sp³-hybridized carbons (Fsp3) is 0.133. The SMILES string of the molecule is Cc1cccc(C#N)c1Nc1ccccc1OC(F)(F)F. The molecule has 108 valence electrons. The van der Waals surface area contributed by atoms with E-state index in [1.165, 1.54) is 18.2 Å². The van der Waals surface area contributed by atoms with Gasteiger partial charge in [-0.15, -0.1) is 13.2 Å². The van der Waals surface area contributed by atoms with Crippen molar-refractivity contribution in [3.05, 3.63) is 53.6 Å². The van der Waals surface area contributed by atoms with Gasteiger partial charge < -0.3 is 10.1 Å². The van der Waals surface area contributed by atoms with Crippen LogP contribution in [-0.2, 0) is 0 Å². The molecule has 2 aromatic rings. The number of anilines is 2. The molecule has 0 atom stereocenters. The van der Waals surface area contributed by atoms with Gasteiger partial charge in [-0.2, -0.15) is 5.26 Å². The largest absolute Gasteiger partial charge is 0.573 e. The Morgan fingerprint density at radius 2 is 1.81 bits per heavy atom. The molecule has 0 radical (unpaired) electrons. The van der Waals surface area contributed by atoms with Gasteiger partial charge in [0.1, 0.15) is 6.07 Å². The average molecular weight is 292 g/mol. The van der Waals surface area contributed by atoms with Crippen LogP contribution in [0.3, 0.4) is 0 Å². The van der Waals surface area contributed by atoms with E-state index in [1.54, 1.807) is 31.2 Å². The van der Waals surface area contributed by atoms with Crippen LogP contribution in [0.15, 0.2) is 42.5 Å². The highest BCUT2D eigenvalue weighted by Crippen LogP contribution is 2.33. The zero-order valence-corrected chi connectivity index (χ0v) is 11.0. The topological polar surface area (TPSA) is 45.0 Å². The number of nitrogens with zero attached hydrogens (tertiary/aromatic N) is 1. The smallest absolute Gasteiger partial charge is 0.404 e. The summed E-state index contributed by atoms with van der Waals surface area (Å²) in [6, 6.07) is 12.7. The number of nitrogens with one attached hydrogen (secondary N) is 1. The van der Waals surface area contributed by atoms with Gasteiger partial charge >= 0.3 is 6.36 Å². The molecule has 0 aliphatic rings. The molecule has 0 unspecified atom stereocenters.